The van der Waals surface area contributed by atoms with Crippen LogP contribution in [0.3, 0.4) is 0 Å². The molecule has 1 saturated carbocycles. The fourth-order valence-corrected chi connectivity index (χ4v) is 5.72. The van der Waals surface area contributed by atoms with Crippen molar-refractivity contribution in [2.24, 2.45) is 0 Å². The van der Waals surface area contributed by atoms with Gasteiger partial charge in [-0.2, -0.15) is 0 Å². The van der Waals surface area contributed by atoms with Crippen molar-refractivity contribution in [2.75, 3.05) is 17.1 Å². The number of rotatable bonds is 11. The number of hydrogen-bond acceptors (Lipinski definition) is 4. The van der Waals surface area contributed by atoms with E-state index in [0.717, 1.165) is 43.1 Å². The average molecular weight is 534 g/mol. The number of hydrogen-bond donors (Lipinski definition) is 1. The van der Waals surface area contributed by atoms with Crippen molar-refractivity contribution in [3.63, 3.8) is 0 Å². The van der Waals surface area contributed by atoms with Crippen LogP contribution in [0.15, 0.2) is 48.5 Å². The molecule has 9 heteroatoms. The fourth-order valence-electron chi connectivity index (χ4n) is 4.57. The Kier molecular flexibility index (Phi) is 9.79. The number of sulfonamides is 1. The summed E-state index contributed by atoms with van der Waals surface area (Å²) in [5.74, 6) is -0.401. The summed E-state index contributed by atoms with van der Waals surface area (Å²) in [5.41, 5.74) is 2.28. The lowest BCUT2D eigenvalue weighted by molar-refractivity contribution is -0.140. The van der Waals surface area contributed by atoms with Gasteiger partial charge in [-0.3, -0.25) is 13.9 Å². The number of amides is 2. The van der Waals surface area contributed by atoms with Crippen molar-refractivity contribution in [1.29, 1.82) is 0 Å². The van der Waals surface area contributed by atoms with Gasteiger partial charge in [-0.1, -0.05) is 54.8 Å². The van der Waals surface area contributed by atoms with Crippen LogP contribution in [-0.4, -0.2) is 50.0 Å². The monoisotopic (exact) mass is 533 g/mol. The first-order chi connectivity index (χ1) is 17.1. The molecule has 196 valence electrons. The lowest BCUT2D eigenvalue weighted by atomic mass is 10.1. The molecule has 0 spiro atoms. The van der Waals surface area contributed by atoms with E-state index < -0.39 is 16.1 Å². The minimum atomic E-state index is -3.52. The van der Waals surface area contributed by atoms with Gasteiger partial charge in [-0.15, -0.1) is 0 Å². The molecule has 2 aromatic rings. The quantitative estimate of drug-likeness (QED) is 0.454. The summed E-state index contributed by atoms with van der Waals surface area (Å²) in [6.45, 7) is 3.99. The molecule has 0 aromatic heterocycles. The average Bonchev–Trinajstić information content (AvgIpc) is 3.33. The van der Waals surface area contributed by atoms with Gasteiger partial charge < -0.3 is 10.2 Å². The van der Waals surface area contributed by atoms with E-state index in [2.05, 4.69) is 5.32 Å². The van der Waals surface area contributed by atoms with Crippen LogP contribution in [0.4, 0.5) is 5.69 Å². The molecule has 0 unspecified atom stereocenters. The fraction of sp³-hybridized carbons (Fsp3) is 0.481. The third-order valence-corrected chi connectivity index (χ3v) is 8.17. The third-order valence-electron chi connectivity index (χ3n) is 6.61. The van der Waals surface area contributed by atoms with Crippen LogP contribution < -0.4 is 9.62 Å². The maximum absolute atomic E-state index is 13.4. The van der Waals surface area contributed by atoms with Gasteiger partial charge in [-0.05, 0) is 62.4 Å². The second kappa shape index (κ2) is 12.6. The number of nitrogens with zero attached hydrogens (tertiary/aromatic N) is 2. The van der Waals surface area contributed by atoms with Crippen molar-refractivity contribution in [1.82, 2.24) is 10.2 Å². The van der Waals surface area contributed by atoms with E-state index in [1.807, 2.05) is 43.3 Å². The molecular formula is C27H36ClN3O4S. The maximum Gasteiger partial charge on any atom is 0.242 e. The Bertz CT molecular complexity index is 1170. The largest absolute Gasteiger partial charge is 0.352 e. The van der Waals surface area contributed by atoms with E-state index >= 15 is 0 Å². The molecule has 36 heavy (non-hydrogen) atoms. The molecule has 0 aliphatic heterocycles. The lowest BCUT2D eigenvalue weighted by Gasteiger charge is -2.30. The molecule has 7 nitrogen and oxygen atoms in total. The van der Waals surface area contributed by atoms with Gasteiger partial charge in [0.05, 0.1) is 11.9 Å². The highest BCUT2D eigenvalue weighted by Gasteiger charge is 2.29. The first-order valence-corrected chi connectivity index (χ1v) is 14.7. The minimum Gasteiger partial charge on any atom is -0.352 e. The molecule has 1 aliphatic rings. The SMILES string of the molecule is Cc1cccc(N(CCCC(=O)N(Cc2ccccc2Cl)[C@@H](C)C(=O)NC2CCCC2)S(C)(=O)=O)c1. The van der Waals surface area contributed by atoms with Crippen LogP contribution >= 0.6 is 11.6 Å². The van der Waals surface area contributed by atoms with E-state index in [4.69, 9.17) is 11.6 Å². The second-order valence-corrected chi connectivity index (χ2v) is 11.9. The number of benzene rings is 2. The number of nitrogens with one attached hydrogen (secondary N) is 1. The number of aryl methyl sites for hydroxylation is 1. The Hall–Kier alpha value is -2.58. The van der Waals surface area contributed by atoms with Gasteiger partial charge in [0.15, 0.2) is 0 Å². The van der Waals surface area contributed by atoms with Crippen molar-refractivity contribution >= 4 is 39.1 Å². The Balaban J connectivity index is 1.72. The molecule has 2 amide bonds. The molecule has 1 atom stereocenters. The Morgan fingerprint density at radius 1 is 1.11 bits per heavy atom. The number of carbonyl (C=O) groups excluding carboxylic acids is 2. The van der Waals surface area contributed by atoms with Crippen molar-refractivity contribution in [3.8, 4) is 0 Å². The van der Waals surface area contributed by atoms with E-state index in [9.17, 15) is 18.0 Å². The molecule has 1 aliphatic carbocycles. The van der Waals surface area contributed by atoms with Crippen molar-refractivity contribution in [3.05, 3.63) is 64.7 Å². The van der Waals surface area contributed by atoms with Crippen LogP contribution in [0.1, 0.15) is 56.6 Å². The first-order valence-electron chi connectivity index (χ1n) is 12.4. The van der Waals surface area contributed by atoms with Gasteiger partial charge in [0, 0.05) is 30.6 Å². The molecular weight excluding hydrogens is 498 g/mol. The summed E-state index contributed by atoms with van der Waals surface area (Å²) in [6.07, 6.45) is 5.68. The highest BCUT2D eigenvalue weighted by atomic mass is 35.5. The zero-order chi connectivity index (χ0) is 26.3. The normalized spacial score (nSPS) is 14.9. The molecule has 0 heterocycles. The van der Waals surface area contributed by atoms with E-state index in [1.54, 1.807) is 24.0 Å². The van der Waals surface area contributed by atoms with Crippen LogP contribution in [0.5, 0.6) is 0 Å². The molecule has 0 radical (unpaired) electrons. The van der Waals surface area contributed by atoms with Crippen LogP contribution in [-0.2, 0) is 26.2 Å². The zero-order valence-corrected chi connectivity index (χ0v) is 22.8. The lowest BCUT2D eigenvalue weighted by Crippen LogP contribution is -2.49. The van der Waals surface area contributed by atoms with Crippen molar-refractivity contribution in [2.45, 2.75) is 71.0 Å². The molecule has 2 aromatic carbocycles. The van der Waals surface area contributed by atoms with Gasteiger partial charge in [0.25, 0.3) is 0 Å². The molecule has 1 fully saturated rings. The Morgan fingerprint density at radius 2 is 1.81 bits per heavy atom. The Morgan fingerprint density at radius 3 is 2.44 bits per heavy atom. The zero-order valence-electron chi connectivity index (χ0n) is 21.2. The number of carbonyl (C=O) groups is 2. The summed E-state index contributed by atoms with van der Waals surface area (Å²) in [4.78, 5) is 28.0. The van der Waals surface area contributed by atoms with Crippen LogP contribution in [0, 0.1) is 6.92 Å². The highest BCUT2D eigenvalue weighted by Crippen LogP contribution is 2.23. The first kappa shape index (κ1) is 28.0. The van der Waals surface area contributed by atoms with Gasteiger partial charge in [0.2, 0.25) is 21.8 Å². The van der Waals surface area contributed by atoms with Gasteiger partial charge >= 0.3 is 0 Å². The van der Waals surface area contributed by atoms with Gasteiger partial charge in [-0.25, -0.2) is 8.42 Å². The standard InChI is InChI=1S/C27H36ClN3O4S/c1-20-10-8-14-24(18-20)31(36(3,34)35)17-9-16-26(32)30(19-22-11-4-7-15-25(22)28)21(2)27(33)29-23-12-5-6-13-23/h4,7-8,10-11,14-15,18,21,23H,5-6,9,12-13,16-17,19H2,1-3H3,(H,29,33)/t21-/m0/s1. The summed E-state index contributed by atoms with van der Waals surface area (Å²) in [7, 11) is -3.52. The summed E-state index contributed by atoms with van der Waals surface area (Å²) in [6, 6.07) is 14.0. The summed E-state index contributed by atoms with van der Waals surface area (Å²) < 4.78 is 26.2. The third kappa shape index (κ3) is 7.71. The van der Waals surface area contributed by atoms with Crippen molar-refractivity contribution < 1.29 is 18.0 Å². The van der Waals surface area contributed by atoms with E-state index in [-0.39, 0.29) is 37.4 Å². The number of halogens is 1. The smallest absolute Gasteiger partial charge is 0.242 e. The summed E-state index contributed by atoms with van der Waals surface area (Å²) >= 11 is 6.36. The second-order valence-electron chi connectivity index (χ2n) is 9.56. The van der Waals surface area contributed by atoms with Crippen LogP contribution in [0.2, 0.25) is 5.02 Å². The van der Waals surface area contributed by atoms with E-state index in [0.29, 0.717) is 17.1 Å². The van der Waals surface area contributed by atoms with E-state index in [1.165, 1.54) is 4.31 Å². The molecule has 1 N–H and O–H groups in total. The predicted octanol–water partition coefficient (Wildman–Crippen LogP) is 4.67. The van der Waals surface area contributed by atoms with Crippen LogP contribution in [0.25, 0.3) is 0 Å². The highest BCUT2D eigenvalue weighted by molar-refractivity contribution is 7.92. The Labute approximate surface area is 219 Å². The molecule has 0 saturated heterocycles. The maximum atomic E-state index is 13.4. The molecule has 3 rings (SSSR count). The minimum absolute atomic E-state index is 0.101. The number of anilines is 1. The topological polar surface area (TPSA) is 86.8 Å². The summed E-state index contributed by atoms with van der Waals surface area (Å²) in [5, 5.41) is 3.61. The van der Waals surface area contributed by atoms with Gasteiger partial charge in [0.1, 0.15) is 6.04 Å². The predicted molar refractivity (Wildman–Crippen MR) is 144 cm³/mol. The molecule has 0 bridgehead atoms.